The fraction of sp³-hybridized carbons (Fsp3) is 0.360. The van der Waals surface area contributed by atoms with Gasteiger partial charge in [-0.15, -0.1) is 0 Å². The van der Waals surface area contributed by atoms with Gasteiger partial charge in [-0.3, -0.25) is 9.48 Å². The van der Waals surface area contributed by atoms with Crippen LogP contribution in [-0.2, 0) is 18.4 Å². The van der Waals surface area contributed by atoms with Crippen molar-refractivity contribution >= 4 is 11.6 Å². The SMILES string of the molecule is COc1ccc(N(Cc2ccc(C(C)C)cc2)C(=O)C2CC2c2cnn(C)c2)cc1. The molecule has 0 saturated heterocycles. The van der Waals surface area contributed by atoms with E-state index in [1.807, 2.05) is 48.6 Å². The molecule has 156 valence electrons. The Kier molecular flexibility index (Phi) is 5.62. The Morgan fingerprint density at radius 2 is 1.87 bits per heavy atom. The molecule has 0 spiro atoms. The van der Waals surface area contributed by atoms with Gasteiger partial charge < -0.3 is 9.64 Å². The van der Waals surface area contributed by atoms with Crippen molar-refractivity contribution in [2.24, 2.45) is 13.0 Å². The molecular formula is C25H29N3O2. The number of aromatic nitrogens is 2. The predicted molar refractivity (Wildman–Crippen MR) is 119 cm³/mol. The van der Waals surface area contributed by atoms with Gasteiger partial charge in [-0.25, -0.2) is 0 Å². The molecule has 0 aliphatic heterocycles. The molecule has 0 bridgehead atoms. The molecule has 1 heterocycles. The third-order valence-corrected chi connectivity index (χ3v) is 5.90. The van der Waals surface area contributed by atoms with Gasteiger partial charge in [-0.05, 0) is 59.2 Å². The summed E-state index contributed by atoms with van der Waals surface area (Å²) in [7, 11) is 3.56. The maximum Gasteiger partial charge on any atom is 0.231 e. The third-order valence-electron chi connectivity index (χ3n) is 5.90. The van der Waals surface area contributed by atoms with Crippen molar-refractivity contribution in [1.82, 2.24) is 9.78 Å². The number of nitrogens with zero attached hydrogens (tertiary/aromatic N) is 3. The second-order valence-corrected chi connectivity index (χ2v) is 8.41. The maximum atomic E-state index is 13.5. The van der Waals surface area contributed by atoms with Crippen LogP contribution in [0.1, 0.15) is 48.8 Å². The van der Waals surface area contributed by atoms with Crippen LogP contribution in [0.2, 0.25) is 0 Å². The minimum absolute atomic E-state index is 0.00578. The van der Waals surface area contributed by atoms with Crippen LogP contribution >= 0.6 is 0 Å². The molecule has 1 saturated carbocycles. The number of hydrogen-bond acceptors (Lipinski definition) is 3. The zero-order valence-electron chi connectivity index (χ0n) is 18.1. The quantitative estimate of drug-likeness (QED) is 0.564. The molecule has 4 rings (SSSR count). The van der Waals surface area contributed by atoms with Crippen molar-refractivity contribution in [2.75, 3.05) is 12.0 Å². The zero-order valence-corrected chi connectivity index (χ0v) is 18.1. The summed E-state index contributed by atoms with van der Waals surface area (Å²) in [4.78, 5) is 15.4. The number of carbonyl (C=O) groups is 1. The summed E-state index contributed by atoms with van der Waals surface area (Å²) in [5.41, 5.74) is 4.47. The molecule has 2 unspecified atom stereocenters. The van der Waals surface area contributed by atoms with Crippen molar-refractivity contribution in [3.05, 3.63) is 77.6 Å². The molecule has 0 N–H and O–H groups in total. The molecule has 1 fully saturated rings. The van der Waals surface area contributed by atoms with Crippen molar-refractivity contribution in [1.29, 1.82) is 0 Å². The fourth-order valence-corrected chi connectivity index (χ4v) is 3.92. The molecule has 1 aliphatic rings. The van der Waals surface area contributed by atoms with E-state index >= 15 is 0 Å². The molecule has 1 amide bonds. The normalized spacial score (nSPS) is 17.8. The van der Waals surface area contributed by atoms with Crippen LogP contribution in [0.3, 0.4) is 0 Å². The average molecular weight is 404 g/mol. The number of amides is 1. The first-order chi connectivity index (χ1) is 14.5. The van der Waals surface area contributed by atoms with Crippen molar-refractivity contribution in [2.45, 2.75) is 38.6 Å². The lowest BCUT2D eigenvalue weighted by atomic mass is 10.0. The highest BCUT2D eigenvalue weighted by atomic mass is 16.5. The first-order valence-electron chi connectivity index (χ1n) is 10.5. The van der Waals surface area contributed by atoms with Crippen LogP contribution in [0, 0.1) is 5.92 Å². The van der Waals surface area contributed by atoms with Crippen LogP contribution in [0.15, 0.2) is 60.9 Å². The monoisotopic (exact) mass is 403 g/mol. The molecule has 2 atom stereocenters. The van der Waals surface area contributed by atoms with E-state index < -0.39 is 0 Å². The number of methoxy groups -OCH3 is 1. The summed E-state index contributed by atoms with van der Waals surface area (Å²) in [6.07, 6.45) is 4.77. The topological polar surface area (TPSA) is 47.4 Å². The number of hydrogen-bond donors (Lipinski definition) is 0. The van der Waals surface area contributed by atoms with E-state index in [1.54, 1.807) is 11.8 Å². The molecule has 0 radical (unpaired) electrons. The van der Waals surface area contributed by atoms with Crippen LogP contribution < -0.4 is 9.64 Å². The van der Waals surface area contributed by atoms with Gasteiger partial charge in [-0.1, -0.05) is 38.1 Å². The highest BCUT2D eigenvalue weighted by Crippen LogP contribution is 2.49. The second-order valence-electron chi connectivity index (χ2n) is 8.41. The Morgan fingerprint density at radius 3 is 2.43 bits per heavy atom. The van der Waals surface area contributed by atoms with Crippen LogP contribution in [-0.4, -0.2) is 22.8 Å². The Balaban J connectivity index is 1.57. The average Bonchev–Trinajstić information content (AvgIpc) is 3.45. The highest BCUT2D eigenvalue weighted by Gasteiger charge is 2.46. The molecule has 5 nitrogen and oxygen atoms in total. The van der Waals surface area contributed by atoms with Crippen LogP contribution in [0.25, 0.3) is 0 Å². The Morgan fingerprint density at radius 1 is 1.17 bits per heavy atom. The van der Waals surface area contributed by atoms with Crippen molar-refractivity contribution < 1.29 is 9.53 Å². The first-order valence-corrected chi connectivity index (χ1v) is 10.5. The fourth-order valence-electron chi connectivity index (χ4n) is 3.92. The van der Waals surface area contributed by atoms with Gasteiger partial charge in [0.25, 0.3) is 0 Å². The number of ether oxygens (including phenoxy) is 1. The van der Waals surface area contributed by atoms with E-state index in [1.165, 1.54) is 5.56 Å². The number of anilines is 1. The van der Waals surface area contributed by atoms with Gasteiger partial charge in [0.05, 0.1) is 19.9 Å². The second kappa shape index (κ2) is 8.34. The molecule has 1 aromatic heterocycles. The molecule has 1 aliphatic carbocycles. The Bertz CT molecular complexity index is 1010. The predicted octanol–water partition coefficient (Wildman–Crippen LogP) is 4.89. The third kappa shape index (κ3) is 4.25. The number of rotatable bonds is 7. The highest BCUT2D eigenvalue weighted by molar-refractivity contribution is 5.97. The van der Waals surface area contributed by atoms with Crippen molar-refractivity contribution in [3.8, 4) is 5.75 Å². The minimum atomic E-state index is 0.00578. The van der Waals surface area contributed by atoms with E-state index in [0.717, 1.165) is 29.0 Å². The first kappa shape index (κ1) is 20.2. The van der Waals surface area contributed by atoms with Gasteiger partial charge in [0, 0.05) is 24.8 Å². The summed E-state index contributed by atoms with van der Waals surface area (Å²) in [6, 6.07) is 16.3. The molecule has 30 heavy (non-hydrogen) atoms. The van der Waals surface area contributed by atoms with E-state index in [2.05, 4.69) is 43.2 Å². The number of benzene rings is 2. The van der Waals surface area contributed by atoms with E-state index in [4.69, 9.17) is 4.74 Å². The lowest BCUT2D eigenvalue weighted by Gasteiger charge is -2.24. The smallest absolute Gasteiger partial charge is 0.231 e. The van der Waals surface area contributed by atoms with Gasteiger partial charge in [0.2, 0.25) is 5.91 Å². The van der Waals surface area contributed by atoms with E-state index in [0.29, 0.717) is 12.5 Å². The van der Waals surface area contributed by atoms with Gasteiger partial charge in [0.1, 0.15) is 5.75 Å². The summed E-state index contributed by atoms with van der Waals surface area (Å²) in [5.74, 6) is 1.71. The van der Waals surface area contributed by atoms with Gasteiger partial charge in [-0.2, -0.15) is 5.10 Å². The van der Waals surface area contributed by atoms with Crippen molar-refractivity contribution in [3.63, 3.8) is 0 Å². The molecule has 3 aromatic rings. The van der Waals surface area contributed by atoms with Crippen LogP contribution in [0.4, 0.5) is 5.69 Å². The molecule has 5 heteroatoms. The van der Waals surface area contributed by atoms with E-state index in [9.17, 15) is 4.79 Å². The zero-order chi connectivity index (χ0) is 21.3. The van der Waals surface area contributed by atoms with Gasteiger partial charge >= 0.3 is 0 Å². The Hall–Kier alpha value is -3.08. The minimum Gasteiger partial charge on any atom is -0.497 e. The Labute approximate surface area is 178 Å². The summed E-state index contributed by atoms with van der Waals surface area (Å²) >= 11 is 0. The van der Waals surface area contributed by atoms with Gasteiger partial charge in [0.15, 0.2) is 0 Å². The largest absolute Gasteiger partial charge is 0.497 e. The number of aryl methyl sites for hydroxylation is 1. The summed E-state index contributed by atoms with van der Waals surface area (Å²) in [6.45, 7) is 4.93. The molecular weight excluding hydrogens is 374 g/mol. The molecule has 2 aromatic carbocycles. The number of carbonyl (C=O) groups excluding carboxylic acids is 1. The summed E-state index contributed by atoms with van der Waals surface area (Å²) < 4.78 is 7.09. The lowest BCUT2D eigenvalue weighted by molar-refractivity contribution is -0.120. The van der Waals surface area contributed by atoms with E-state index in [-0.39, 0.29) is 17.7 Å². The maximum absolute atomic E-state index is 13.5. The lowest BCUT2D eigenvalue weighted by Crippen LogP contribution is -2.32. The summed E-state index contributed by atoms with van der Waals surface area (Å²) in [5, 5.41) is 4.26. The standard InChI is InChI=1S/C25H29N3O2/c1-17(2)19-7-5-18(6-8-19)15-28(21-9-11-22(30-4)12-10-21)25(29)24-13-23(24)20-14-26-27(3)16-20/h5-12,14,16-17,23-24H,13,15H2,1-4H3. The van der Waals surface area contributed by atoms with Crippen LogP contribution in [0.5, 0.6) is 5.75 Å².